The number of carbonyl (C=O) groups is 2. The topological polar surface area (TPSA) is 67.2 Å². The molecule has 1 N–H and O–H groups in total. The molecule has 1 aromatic heterocycles. The minimum atomic E-state index is 0.0303. The molecule has 1 aliphatic carbocycles. The van der Waals surface area contributed by atoms with Crippen LogP contribution in [-0.4, -0.2) is 51.1 Å². The molecular formula is C21H28N4O2S. The number of carbonyl (C=O) groups excluding carboxylic acids is 2. The Balaban J connectivity index is 1.46. The maximum atomic E-state index is 12.7. The predicted molar refractivity (Wildman–Crippen MR) is 111 cm³/mol. The zero-order valence-electron chi connectivity index (χ0n) is 16.2. The van der Waals surface area contributed by atoms with Gasteiger partial charge in [0.1, 0.15) is 6.54 Å². The van der Waals surface area contributed by atoms with Crippen LogP contribution in [0.1, 0.15) is 44.9 Å². The van der Waals surface area contributed by atoms with Gasteiger partial charge in [-0.25, -0.2) is 4.98 Å². The van der Waals surface area contributed by atoms with Crippen LogP contribution in [-0.2, 0) is 16.1 Å². The van der Waals surface area contributed by atoms with E-state index in [9.17, 15) is 9.59 Å². The van der Waals surface area contributed by atoms with Gasteiger partial charge in [0.25, 0.3) is 0 Å². The largest absolute Gasteiger partial charge is 0.352 e. The van der Waals surface area contributed by atoms with Gasteiger partial charge in [-0.05, 0) is 37.8 Å². The van der Waals surface area contributed by atoms with E-state index in [4.69, 9.17) is 0 Å². The molecule has 2 aliphatic rings. The summed E-state index contributed by atoms with van der Waals surface area (Å²) in [4.78, 5) is 31.7. The minimum absolute atomic E-state index is 0.0303. The monoisotopic (exact) mass is 400 g/mol. The van der Waals surface area contributed by atoms with Crippen LogP contribution < -0.4 is 5.32 Å². The molecule has 0 radical (unpaired) electrons. The second-order valence-electron chi connectivity index (χ2n) is 7.75. The number of fused-ring (bicyclic) bond motifs is 1. The summed E-state index contributed by atoms with van der Waals surface area (Å²) >= 11 is 1.44. The molecule has 4 rings (SSSR count). The summed E-state index contributed by atoms with van der Waals surface area (Å²) in [5, 5.41) is 3.93. The smallest absolute Gasteiger partial charge is 0.240 e. The molecule has 1 saturated carbocycles. The lowest BCUT2D eigenvalue weighted by Crippen LogP contribution is -2.38. The first kappa shape index (κ1) is 19.3. The van der Waals surface area contributed by atoms with Gasteiger partial charge in [0.15, 0.2) is 5.16 Å². The van der Waals surface area contributed by atoms with Crippen molar-refractivity contribution in [3.8, 4) is 0 Å². The van der Waals surface area contributed by atoms with Gasteiger partial charge in [0, 0.05) is 19.1 Å². The second-order valence-corrected chi connectivity index (χ2v) is 8.69. The Labute approximate surface area is 170 Å². The Morgan fingerprint density at radius 2 is 1.82 bits per heavy atom. The number of para-hydroxylation sites is 2. The third-order valence-electron chi connectivity index (χ3n) is 5.68. The number of benzene rings is 1. The van der Waals surface area contributed by atoms with Crippen LogP contribution in [0.4, 0.5) is 0 Å². The fourth-order valence-corrected chi connectivity index (χ4v) is 5.08. The number of nitrogens with zero attached hydrogens (tertiary/aromatic N) is 3. The lowest BCUT2D eigenvalue weighted by molar-refractivity contribution is -0.127. The highest BCUT2D eigenvalue weighted by molar-refractivity contribution is 7.99. The van der Waals surface area contributed by atoms with Crippen molar-refractivity contribution in [2.24, 2.45) is 0 Å². The number of hydrogen-bond donors (Lipinski definition) is 1. The zero-order valence-corrected chi connectivity index (χ0v) is 17.0. The molecule has 1 aromatic carbocycles. The highest BCUT2D eigenvalue weighted by atomic mass is 32.2. The number of hydrogen-bond acceptors (Lipinski definition) is 4. The maximum absolute atomic E-state index is 12.7. The van der Waals surface area contributed by atoms with Gasteiger partial charge in [0.05, 0.1) is 16.8 Å². The summed E-state index contributed by atoms with van der Waals surface area (Å²) < 4.78 is 1.95. The molecule has 28 heavy (non-hydrogen) atoms. The van der Waals surface area contributed by atoms with Crippen molar-refractivity contribution >= 4 is 34.6 Å². The van der Waals surface area contributed by atoms with E-state index in [1.54, 1.807) is 0 Å². The van der Waals surface area contributed by atoms with Crippen molar-refractivity contribution in [2.75, 3.05) is 18.8 Å². The number of rotatable bonds is 6. The fourth-order valence-electron chi connectivity index (χ4n) is 4.16. The predicted octanol–water partition coefficient (Wildman–Crippen LogP) is 3.20. The van der Waals surface area contributed by atoms with E-state index in [0.717, 1.165) is 55.0 Å². The molecule has 150 valence electrons. The molecular weight excluding hydrogens is 372 g/mol. The highest BCUT2D eigenvalue weighted by Crippen LogP contribution is 2.25. The Morgan fingerprint density at radius 1 is 1.07 bits per heavy atom. The summed E-state index contributed by atoms with van der Waals surface area (Å²) in [6, 6.07) is 8.15. The van der Waals surface area contributed by atoms with E-state index in [0.29, 0.717) is 11.8 Å². The van der Waals surface area contributed by atoms with Gasteiger partial charge in [0.2, 0.25) is 11.8 Å². The van der Waals surface area contributed by atoms with Crippen molar-refractivity contribution in [2.45, 2.75) is 62.7 Å². The van der Waals surface area contributed by atoms with E-state index in [1.807, 2.05) is 33.7 Å². The molecule has 6 nitrogen and oxygen atoms in total. The second kappa shape index (κ2) is 8.99. The van der Waals surface area contributed by atoms with Gasteiger partial charge < -0.3 is 14.8 Å². The maximum Gasteiger partial charge on any atom is 0.240 e. The average Bonchev–Trinajstić information content (AvgIpc) is 3.36. The standard InChI is InChI=1S/C21H28N4O2S/c26-19(22-16-8-2-1-3-9-16)14-25-18-11-5-4-10-17(18)23-21(25)28-15-20(27)24-12-6-7-13-24/h4-5,10-11,16H,1-3,6-9,12-15H2,(H,22,26). The van der Waals surface area contributed by atoms with Crippen molar-refractivity contribution < 1.29 is 9.59 Å². The zero-order chi connectivity index (χ0) is 19.3. The van der Waals surface area contributed by atoms with Crippen molar-refractivity contribution in [1.29, 1.82) is 0 Å². The number of aromatic nitrogens is 2. The van der Waals surface area contributed by atoms with Gasteiger partial charge in [-0.2, -0.15) is 0 Å². The lowest BCUT2D eigenvalue weighted by atomic mass is 9.95. The van der Waals surface area contributed by atoms with Gasteiger partial charge in [-0.3, -0.25) is 9.59 Å². The molecule has 7 heteroatoms. The van der Waals surface area contributed by atoms with Crippen LogP contribution in [0, 0.1) is 0 Å². The van der Waals surface area contributed by atoms with E-state index < -0.39 is 0 Å². The number of amides is 2. The van der Waals surface area contributed by atoms with Crippen molar-refractivity contribution in [1.82, 2.24) is 19.8 Å². The molecule has 1 saturated heterocycles. The summed E-state index contributed by atoms with van der Waals surface area (Å²) in [6.45, 7) is 1.97. The Kier molecular flexibility index (Phi) is 6.20. The third-order valence-corrected chi connectivity index (χ3v) is 6.64. The Morgan fingerprint density at radius 3 is 2.61 bits per heavy atom. The minimum Gasteiger partial charge on any atom is -0.352 e. The molecule has 0 atom stereocenters. The van der Waals surface area contributed by atoms with Gasteiger partial charge in [-0.15, -0.1) is 0 Å². The van der Waals surface area contributed by atoms with Crippen LogP contribution in [0.25, 0.3) is 11.0 Å². The SMILES string of the molecule is O=C(Cn1c(SCC(=O)N2CCCC2)nc2ccccc21)NC1CCCCC1. The normalized spacial score (nSPS) is 17.9. The van der Waals surface area contributed by atoms with Crippen LogP contribution >= 0.6 is 11.8 Å². The van der Waals surface area contributed by atoms with Crippen LogP contribution in [0.3, 0.4) is 0 Å². The molecule has 2 heterocycles. The molecule has 0 bridgehead atoms. The Hall–Kier alpha value is -2.02. The molecule has 2 aromatic rings. The lowest BCUT2D eigenvalue weighted by Gasteiger charge is -2.23. The van der Waals surface area contributed by atoms with Crippen LogP contribution in [0.2, 0.25) is 0 Å². The van der Waals surface area contributed by atoms with Crippen LogP contribution in [0.15, 0.2) is 29.4 Å². The van der Waals surface area contributed by atoms with Crippen LogP contribution in [0.5, 0.6) is 0 Å². The highest BCUT2D eigenvalue weighted by Gasteiger charge is 2.21. The first-order valence-corrected chi connectivity index (χ1v) is 11.3. The quantitative estimate of drug-likeness (QED) is 0.756. The first-order chi connectivity index (χ1) is 13.7. The average molecular weight is 401 g/mol. The van der Waals surface area contributed by atoms with Crippen molar-refractivity contribution in [3.63, 3.8) is 0 Å². The molecule has 1 aliphatic heterocycles. The molecule has 0 unspecified atom stereocenters. The van der Waals surface area contributed by atoms with E-state index in [1.165, 1.54) is 31.0 Å². The number of likely N-dealkylation sites (tertiary alicyclic amines) is 1. The van der Waals surface area contributed by atoms with E-state index >= 15 is 0 Å². The fraction of sp³-hybridized carbons (Fsp3) is 0.571. The first-order valence-electron chi connectivity index (χ1n) is 10.4. The van der Waals surface area contributed by atoms with E-state index in [-0.39, 0.29) is 18.4 Å². The molecule has 0 spiro atoms. The molecule has 2 amide bonds. The number of thioether (sulfide) groups is 1. The third kappa shape index (κ3) is 4.51. The number of nitrogens with one attached hydrogen (secondary N) is 1. The number of imidazole rings is 1. The molecule has 2 fully saturated rings. The summed E-state index contributed by atoms with van der Waals surface area (Å²) in [6.07, 6.45) is 7.99. The summed E-state index contributed by atoms with van der Waals surface area (Å²) in [7, 11) is 0. The Bertz CT molecular complexity index is 838. The van der Waals surface area contributed by atoms with Crippen molar-refractivity contribution in [3.05, 3.63) is 24.3 Å². The van der Waals surface area contributed by atoms with Gasteiger partial charge >= 0.3 is 0 Å². The summed E-state index contributed by atoms with van der Waals surface area (Å²) in [5.41, 5.74) is 1.81. The van der Waals surface area contributed by atoms with Gasteiger partial charge in [-0.1, -0.05) is 43.2 Å². The van der Waals surface area contributed by atoms with E-state index in [2.05, 4.69) is 10.3 Å². The summed E-state index contributed by atoms with van der Waals surface area (Å²) in [5.74, 6) is 0.559.